The number of hydrogen-bond acceptors (Lipinski definition) is 3. The average Bonchev–Trinajstić information content (AvgIpc) is 2.95. The Morgan fingerprint density at radius 1 is 1.41 bits per heavy atom. The number of likely N-dealkylation sites (tertiary alicyclic amines) is 1. The summed E-state index contributed by atoms with van der Waals surface area (Å²) in [5.41, 5.74) is 2.73. The van der Waals surface area contributed by atoms with E-state index < -0.39 is 11.6 Å². The lowest BCUT2D eigenvalue weighted by molar-refractivity contribution is 0.0709. The number of benzene rings is 1. The van der Waals surface area contributed by atoms with E-state index in [4.69, 9.17) is 0 Å². The summed E-state index contributed by atoms with van der Waals surface area (Å²) in [6.45, 7) is 2.86. The Bertz CT molecular complexity index is 701. The van der Waals surface area contributed by atoms with Gasteiger partial charge in [0, 0.05) is 19.0 Å². The van der Waals surface area contributed by atoms with Gasteiger partial charge >= 0.3 is 0 Å². The number of rotatable bonds is 2. The minimum atomic E-state index is -0.446. The topological polar surface area (TPSA) is 33.2 Å². The minimum Gasteiger partial charge on any atom is -0.337 e. The van der Waals surface area contributed by atoms with Crippen molar-refractivity contribution >= 4 is 17.2 Å². The SMILES string of the molecule is Cc1ncsc1C(=O)N1CCC[C@H](c2cc(F)ccc2F)C1. The van der Waals surface area contributed by atoms with E-state index in [1.807, 2.05) is 0 Å². The summed E-state index contributed by atoms with van der Waals surface area (Å²) >= 11 is 1.32. The number of hydrogen-bond donors (Lipinski definition) is 0. The van der Waals surface area contributed by atoms with Gasteiger partial charge in [0.1, 0.15) is 16.5 Å². The zero-order valence-corrected chi connectivity index (χ0v) is 13.0. The van der Waals surface area contributed by atoms with Gasteiger partial charge < -0.3 is 4.90 Å². The molecule has 1 saturated heterocycles. The highest BCUT2D eigenvalue weighted by Crippen LogP contribution is 2.30. The summed E-state index contributed by atoms with van der Waals surface area (Å²) in [7, 11) is 0. The first-order valence-corrected chi connectivity index (χ1v) is 8.08. The fourth-order valence-electron chi connectivity index (χ4n) is 2.89. The molecule has 0 bridgehead atoms. The first-order valence-electron chi connectivity index (χ1n) is 7.20. The summed E-state index contributed by atoms with van der Waals surface area (Å²) < 4.78 is 27.3. The number of aromatic nitrogens is 1. The minimum absolute atomic E-state index is 0.0680. The van der Waals surface area contributed by atoms with Crippen LogP contribution in [0, 0.1) is 18.6 Å². The van der Waals surface area contributed by atoms with Crippen LogP contribution in [-0.4, -0.2) is 28.9 Å². The van der Waals surface area contributed by atoms with E-state index in [1.54, 1.807) is 17.3 Å². The van der Waals surface area contributed by atoms with E-state index >= 15 is 0 Å². The largest absolute Gasteiger partial charge is 0.337 e. The van der Waals surface area contributed by atoms with Crippen LogP contribution in [0.5, 0.6) is 0 Å². The molecule has 0 aliphatic carbocycles. The quantitative estimate of drug-likeness (QED) is 0.844. The van der Waals surface area contributed by atoms with Crippen molar-refractivity contribution in [2.75, 3.05) is 13.1 Å². The standard InChI is InChI=1S/C16H16F2N2OS/c1-10-15(22-9-19-10)16(21)20-6-2-3-11(8-20)13-7-12(17)4-5-14(13)18/h4-5,7,9,11H,2-3,6,8H2,1H3/t11-/m0/s1. The van der Waals surface area contributed by atoms with Crippen molar-refractivity contribution in [1.82, 2.24) is 9.88 Å². The number of carbonyl (C=O) groups is 1. The molecule has 0 radical (unpaired) electrons. The van der Waals surface area contributed by atoms with Crippen molar-refractivity contribution in [2.24, 2.45) is 0 Å². The smallest absolute Gasteiger partial charge is 0.265 e. The first-order chi connectivity index (χ1) is 10.6. The van der Waals surface area contributed by atoms with Crippen LogP contribution < -0.4 is 0 Å². The monoisotopic (exact) mass is 322 g/mol. The highest BCUT2D eigenvalue weighted by molar-refractivity contribution is 7.11. The number of aryl methyl sites for hydroxylation is 1. The molecule has 2 heterocycles. The molecule has 0 spiro atoms. The predicted octanol–water partition coefficient (Wildman–Crippen LogP) is 3.75. The molecular formula is C16H16F2N2OS. The van der Waals surface area contributed by atoms with Crippen molar-refractivity contribution in [3.05, 3.63) is 51.5 Å². The highest BCUT2D eigenvalue weighted by Gasteiger charge is 2.28. The van der Waals surface area contributed by atoms with E-state index in [0.29, 0.717) is 29.2 Å². The average molecular weight is 322 g/mol. The van der Waals surface area contributed by atoms with Crippen molar-refractivity contribution in [2.45, 2.75) is 25.7 Å². The van der Waals surface area contributed by atoms with Gasteiger partial charge in [-0.05, 0) is 43.5 Å². The number of nitrogens with zero attached hydrogens (tertiary/aromatic N) is 2. The third-order valence-electron chi connectivity index (χ3n) is 4.05. The molecule has 1 aliphatic heterocycles. The van der Waals surface area contributed by atoms with Crippen LogP contribution >= 0.6 is 11.3 Å². The van der Waals surface area contributed by atoms with Gasteiger partial charge in [-0.25, -0.2) is 13.8 Å². The molecule has 6 heteroatoms. The van der Waals surface area contributed by atoms with E-state index in [1.165, 1.54) is 17.4 Å². The van der Waals surface area contributed by atoms with Gasteiger partial charge in [0.2, 0.25) is 0 Å². The van der Waals surface area contributed by atoms with Crippen LogP contribution in [0.1, 0.15) is 39.7 Å². The Morgan fingerprint density at radius 3 is 2.95 bits per heavy atom. The lowest BCUT2D eigenvalue weighted by atomic mass is 9.90. The number of halogens is 2. The number of amides is 1. The molecule has 1 fully saturated rings. The summed E-state index contributed by atoms with van der Waals surface area (Å²) in [5.74, 6) is -1.09. The third-order valence-corrected chi connectivity index (χ3v) is 4.96. The summed E-state index contributed by atoms with van der Waals surface area (Å²) in [4.78, 5) is 19.0. The van der Waals surface area contributed by atoms with Crippen molar-refractivity contribution in [1.29, 1.82) is 0 Å². The van der Waals surface area contributed by atoms with E-state index in [2.05, 4.69) is 4.98 Å². The maximum Gasteiger partial charge on any atom is 0.265 e. The molecule has 1 aromatic heterocycles. The molecule has 2 aromatic rings. The van der Waals surface area contributed by atoms with Crippen LogP contribution in [0.2, 0.25) is 0 Å². The Morgan fingerprint density at radius 2 is 2.23 bits per heavy atom. The molecule has 0 saturated carbocycles. The zero-order valence-electron chi connectivity index (χ0n) is 12.2. The van der Waals surface area contributed by atoms with Crippen LogP contribution in [0.25, 0.3) is 0 Å². The maximum atomic E-state index is 13.9. The maximum absolute atomic E-state index is 13.9. The predicted molar refractivity (Wildman–Crippen MR) is 81.1 cm³/mol. The molecule has 22 heavy (non-hydrogen) atoms. The summed E-state index contributed by atoms with van der Waals surface area (Å²) in [6.07, 6.45) is 1.54. The lowest BCUT2D eigenvalue weighted by Crippen LogP contribution is -2.39. The Kier molecular flexibility index (Phi) is 4.20. The van der Waals surface area contributed by atoms with Gasteiger partial charge in [-0.1, -0.05) is 0 Å². The van der Waals surface area contributed by atoms with Crippen LogP contribution in [0.15, 0.2) is 23.7 Å². The van der Waals surface area contributed by atoms with Gasteiger partial charge in [0.05, 0.1) is 11.2 Å². The van der Waals surface area contributed by atoms with Crippen LogP contribution in [-0.2, 0) is 0 Å². The van der Waals surface area contributed by atoms with Gasteiger partial charge in [-0.2, -0.15) is 0 Å². The fraction of sp³-hybridized carbons (Fsp3) is 0.375. The summed E-state index contributed by atoms with van der Waals surface area (Å²) in [5, 5.41) is 0. The molecule has 1 atom stereocenters. The van der Waals surface area contributed by atoms with E-state index in [-0.39, 0.29) is 11.8 Å². The Balaban J connectivity index is 1.81. The zero-order chi connectivity index (χ0) is 15.7. The number of thiazole rings is 1. The number of piperidine rings is 1. The molecule has 0 N–H and O–H groups in total. The van der Waals surface area contributed by atoms with Crippen molar-refractivity contribution < 1.29 is 13.6 Å². The lowest BCUT2D eigenvalue weighted by Gasteiger charge is -2.33. The molecule has 0 unspecified atom stereocenters. The second-order valence-corrected chi connectivity index (χ2v) is 6.38. The molecule has 3 rings (SSSR count). The molecule has 3 nitrogen and oxygen atoms in total. The highest BCUT2D eigenvalue weighted by atomic mass is 32.1. The molecule has 1 aliphatic rings. The Labute approximate surface area is 131 Å². The van der Waals surface area contributed by atoms with Crippen LogP contribution in [0.3, 0.4) is 0 Å². The molecule has 1 amide bonds. The van der Waals surface area contributed by atoms with Gasteiger partial charge in [-0.3, -0.25) is 4.79 Å². The van der Waals surface area contributed by atoms with E-state index in [0.717, 1.165) is 25.0 Å². The first kappa shape index (κ1) is 15.1. The van der Waals surface area contributed by atoms with Crippen LogP contribution in [0.4, 0.5) is 8.78 Å². The van der Waals surface area contributed by atoms with Gasteiger partial charge in [0.15, 0.2) is 0 Å². The summed E-state index contributed by atoms with van der Waals surface area (Å²) in [6, 6.07) is 3.51. The second kappa shape index (κ2) is 6.12. The molecule has 1 aromatic carbocycles. The molecular weight excluding hydrogens is 306 g/mol. The normalized spacial score (nSPS) is 18.5. The van der Waals surface area contributed by atoms with Gasteiger partial charge in [-0.15, -0.1) is 11.3 Å². The second-order valence-electron chi connectivity index (χ2n) is 5.52. The molecule has 116 valence electrons. The number of carbonyl (C=O) groups excluding carboxylic acids is 1. The fourth-order valence-corrected chi connectivity index (χ4v) is 3.66. The van der Waals surface area contributed by atoms with Gasteiger partial charge in [0.25, 0.3) is 5.91 Å². The Hall–Kier alpha value is -1.82. The van der Waals surface area contributed by atoms with Crippen molar-refractivity contribution in [3.63, 3.8) is 0 Å². The third kappa shape index (κ3) is 2.88. The van der Waals surface area contributed by atoms with E-state index in [9.17, 15) is 13.6 Å². The van der Waals surface area contributed by atoms with Crippen molar-refractivity contribution in [3.8, 4) is 0 Å².